The Morgan fingerprint density at radius 3 is 1.82 bits per heavy atom. The van der Waals surface area contributed by atoms with Gasteiger partial charge >= 0.3 is 17.9 Å². The van der Waals surface area contributed by atoms with E-state index in [-0.39, 0.29) is 27.6 Å². The van der Waals surface area contributed by atoms with E-state index in [1.165, 1.54) is 114 Å². The highest BCUT2D eigenvalue weighted by atomic mass is 32.2. The van der Waals surface area contributed by atoms with Gasteiger partial charge in [-0.3, -0.25) is 0 Å². The zero-order chi connectivity index (χ0) is 58.3. The second-order valence-electron chi connectivity index (χ2n) is 25.6. The van der Waals surface area contributed by atoms with Gasteiger partial charge in [0, 0.05) is 22.2 Å². The summed E-state index contributed by atoms with van der Waals surface area (Å²) in [4.78, 5) is 39.6. The molecule has 0 radical (unpaired) electrons. The number of thioether (sulfide) groups is 1. The van der Waals surface area contributed by atoms with Gasteiger partial charge in [0.25, 0.3) is 0 Å². The first-order chi connectivity index (χ1) is 39.0. The first kappa shape index (κ1) is 57.8. The van der Waals surface area contributed by atoms with Crippen LogP contribution in [0.3, 0.4) is 0 Å². The molecule has 4 saturated carbocycles. The molecule has 0 spiro atoms. The molecule has 6 aliphatic rings. The van der Waals surface area contributed by atoms with Crippen LogP contribution in [0.5, 0.6) is 5.75 Å². The fraction of sp³-hybridized carbons (Fsp3) is 0.370. The number of carbonyl (C=O) groups excluding carboxylic acids is 1. The third-order valence-electron chi connectivity index (χ3n) is 18.5. The SMILES string of the molecule is C=C(c1ccc(C(=O)O)cc1)c1cc2c(cc1C)C(C)(C)CCC2(C)C.CCOC(=O)c1ccc(C#Cc2ccc3c(c2)C(C)(C)CCS3)nc1.COc1ccc(-c2ccc3cc(C(=O)O)ccc3c2)cc1C12CC3CC(CC(C3)C1)C2. The number of aromatic carboxylic acids is 2. The van der Waals surface area contributed by atoms with Gasteiger partial charge in [0.1, 0.15) is 11.4 Å². The smallest absolute Gasteiger partial charge is 0.339 e. The van der Waals surface area contributed by atoms with Crippen molar-refractivity contribution in [1.82, 2.24) is 4.98 Å². The van der Waals surface area contributed by atoms with Crippen LogP contribution < -0.4 is 4.74 Å². The van der Waals surface area contributed by atoms with Gasteiger partial charge in [0.2, 0.25) is 0 Å². The number of carbonyl (C=O) groups is 3. The minimum Gasteiger partial charge on any atom is -0.496 e. The Kier molecular flexibility index (Phi) is 16.3. The number of methoxy groups -OCH3 is 1. The number of benzene rings is 6. The number of hydrogen-bond acceptors (Lipinski definition) is 7. The third kappa shape index (κ3) is 12.1. The highest BCUT2D eigenvalue weighted by Crippen LogP contribution is 2.62. The summed E-state index contributed by atoms with van der Waals surface area (Å²) >= 11 is 1.92. The fourth-order valence-corrected chi connectivity index (χ4v) is 15.6. The first-order valence-corrected chi connectivity index (χ1v) is 30.1. The Morgan fingerprint density at radius 2 is 1.20 bits per heavy atom. The summed E-state index contributed by atoms with van der Waals surface area (Å²) in [5.74, 6) is 8.99. The van der Waals surface area contributed by atoms with Crippen molar-refractivity contribution in [2.24, 2.45) is 17.8 Å². The number of esters is 1. The number of ether oxygens (including phenoxy) is 2. The Bertz CT molecular complexity index is 3650. The summed E-state index contributed by atoms with van der Waals surface area (Å²) < 4.78 is 10.8. The number of aryl methyl sites for hydroxylation is 1. The maximum absolute atomic E-state index is 11.6. The number of fused-ring (bicyclic) bond motifs is 3. The number of carboxylic acid groups (broad SMARTS) is 2. The quantitative estimate of drug-likeness (QED) is 0.107. The molecule has 7 aromatic rings. The molecule has 9 heteroatoms. The Balaban J connectivity index is 0.000000139. The van der Waals surface area contributed by atoms with E-state index in [0.717, 1.165) is 56.5 Å². The van der Waals surface area contributed by atoms with E-state index >= 15 is 0 Å². The fourth-order valence-electron chi connectivity index (χ4n) is 14.1. The predicted molar refractivity (Wildman–Crippen MR) is 332 cm³/mol. The molecular weight excluding hydrogens is 1030 g/mol. The zero-order valence-corrected chi connectivity index (χ0v) is 49.9. The number of rotatable bonds is 9. The lowest BCUT2D eigenvalue weighted by molar-refractivity contribution is -0.00614. The highest BCUT2D eigenvalue weighted by Gasteiger charge is 2.52. The van der Waals surface area contributed by atoms with Crippen LogP contribution in [-0.2, 0) is 26.4 Å². The van der Waals surface area contributed by atoms with Crippen LogP contribution in [-0.4, -0.2) is 52.6 Å². The molecule has 1 aromatic heterocycles. The van der Waals surface area contributed by atoms with Crippen LogP contribution in [0.4, 0.5) is 0 Å². The van der Waals surface area contributed by atoms with E-state index in [2.05, 4.69) is 133 Å². The molecule has 422 valence electrons. The van der Waals surface area contributed by atoms with Gasteiger partial charge in [-0.05, 0) is 256 Å². The predicted octanol–water partition coefficient (Wildman–Crippen LogP) is 17.2. The molecule has 0 saturated heterocycles. The van der Waals surface area contributed by atoms with E-state index < -0.39 is 11.9 Å². The van der Waals surface area contributed by atoms with Crippen molar-refractivity contribution < 1.29 is 34.1 Å². The maximum atomic E-state index is 11.6. The normalized spacial score (nSPS) is 20.9. The molecule has 13 rings (SSSR count). The molecule has 1 aliphatic heterocycles. The molecule has 0 amide bonds. The summed E-state index contributed by atoms with van der Waals surface area (Å²) in [5, 5.41) is 20.4. The van der Waals surface area contributed by atoms with E-state index in [1.807, 2.05) is 36.0 Å². The third-order valence-corrected chi connectivity index (χ3v) is 19.6. The van der Waals surface area contributed by atoms with Crippen molar-refractivity contribution in [1.29, 1.82) is 0 Å². The molecule has 0 atom stereocenters. The molecular formula is C73H77NO7S. The molecule has 4 bridgehead atoms. The van der Waals surface area contributed by atoms with Gasteiger partial charge < -0.3 is 19.7 Å². The molecule has 2 N–H and O–H groups in total. The molecule has 5 aliphatic carbocycles. The molecule has 6 aromatic carbocycles. The average molecular weight is 1110 g/mol. The zero-order valence-electron chi connectivity index (χ0n) is 49.1. The van der Waals surface area contributed by atoms with Crippen LogP contribution in [0.2, 0.25) is 0 Å². The lowest BCUT2D eigenvalue weighted by atomic mass is 9.48. The van der Waals surface area contributed by atoms with Gasteiger partial charge in [0.15, 0.2) is 0 Å². The van der Waals surface area contributed by atoms with Gasteiger partial charge in [-0.15, -0.1) is 11.8 Å². The van der Waals surface area contributed by atoms with Gasteiger partial charge in [-0.2, -0.15) is 0 Å². The monoisotopic (exact) mass is 1110 g/mol. The second kappa shape index (κ2) is 23.1. The highest BCUT2D eigenvalue weighted by molar-refractivity contribution is 7.99. The summed E-state index contributed by atoms with van der Waals surface area (Å²) in [5.41, 5.74) is 15.8. The van der Waals surface area contributed by atoms with Crippen molar-refractivity contribution in [2.75, 3.05) is 19.5 Å². The van der Waals surface area contributed by atoms with E-state index in [0.29, 0.717) is 29.0 Å². The number of pyridine rings is 1. The van der Waals surface area contributed by atoms with Crippen molar-refractivity contribution in [2.45, 2.75) is 140 Å². The Labute approximate surface area is 489 Å². The average Bonchev–Trinajstić information content (AvgIpc) is 3.47. The van der Waals surface area contributed by atoms with E-state index in [4.69, 9.17) is 14.6 Å². The first-order valence-electron chi connectivity index (χ1n) is 29.1. The maximum Gasteiger partial charge on any atom is 0.339 e. The minimum absolute atomic E-state index is 0.154. The molecule has 0 unspecified atom stereocenters. The van der Waals surface area contributed by atoms with Crippen molar-refractivity contribution in [3.8, 4) is 28.7 Å². The number of nitrogens with zero attached hydrogens (tertiary/aromatic N) is 1. The summed E-state index contributed by atoms with van der Waals surface area (Å²) in [6.45, 7) is 22.5. The number of aromatic nitrogens is 1. The van der Waals surface area contributed by atoms with E-state index in [1.54, 1.807) is 50.4 Å². The van der Waals surface area contributed by atoms with Crippen LogP contribution >= 0.6 is 11.8 Å². The molecule has 2 heterocycles. The van der Waals surface area contributed by atoms with E-state index in [9.17, 15) is 19.5 Å². The second-order valence-corrected chi connectivity index (χ2v) is 26.8. The van der Waals surface area contributed by atoms with Gasteiger partial charge in [-0.25, -0.2) is 19.4 Å². The van der Waals surface area contributed by atoms with Crippen molar-refractivity contribution in [3.63, 3.8) is 0 Å². The molecule has 82 heavy (non-hydrogen) atoms. The van der Waals surface area contributed by atoms with Crippen molar-refractivity contribution in [3.05, 3.63) is 201 Å². The van der Waals surface area contributed by atoms with Crippen LogP contribution in [0.25, 0.3) is 27.5 Å². The standard InChI is InChI=1S/C28H28O3.C24H28O2.C21H21NO2S/c1-31-26-7-6-23(21-2-3-22-12-24(27(29)30)5-4-20(22)11-21)13-25(26)28-14-17-8-18(15-28)10-19(9-17)16-28;1-15-13-20-21(24(5,6)12-11-23(20,3)4)14-19(15)16(2)17-7-9-18(10-8-17)22(25)26;1-4-24-20(23)16-7-9-17(22-14-16)8-5-15-6-10-19-18(13-15)21(2,3)11-12-25-19/h2-7,11-13,17-19H,8-10,14-16H2,1H3,(H,29,30);7-10,13-14H,2,11-12H2,1,3-6H3,(H,25,26);6-7,9-10,13-14H,4,11-12H2,1-3H3. The largest absolute Gasteiger partial charge is 0.496 e. The van der Waals surface area contributed by atoms with Crippen molar-refractivity contribution >= 4 is 46.0 Å². The number of carboxylic acids is 2. The summed E-state index contributed by atoms with van der Waals surface area (Å²) in [6.07, 6.45) is 13.3. The molecule has 4 fully saturated rings. The lowest BCUT2D eigenvalue weighted by Crippen LogP contribution is -2.48. The van der Waals surface area contributed by atoms with Gasteiger partial charge in [-0.1, -0.05) is 103 Å². The van der Waals surface area contributed by atoms with Crippen LogP contribution in [0.1, 0.15) is 188 Å². The summed E-state index contributed by atoms with van der Waals surface area (Å²) in [6, 6.07) is 39.9. The van der Waals surface area contributed by atoms with Crippen LogP contribution in [0, 0.1) is 36.5 Å². The lowest BCUT2D eigenvalue weighted by Gasteiger charge is -2.57. The Hall–Kier alpha value is -7.41. The van der Waals surface area contributed by atoms with Crippen LogP contribution in [0.15, 0.2) is 139 Å². The van der Waals surface area contributed by atoms with Gasteiger partial charge in [0.05, 0.1) is 30.4 Å². The minimum atomic E-state index is -0.906. The molecule has 8 nitrogen and oxygen atoms in total. The Morgan fingerprint density at radius 1 is 0.622 bits per heavy atom. The topological polar surface area (TPSA) is 123 Å². The number of hydrogen-bond donors (Lipinski definition) is 2. The summed E-state index contributed by atoms with van der Waals surface area (Å²) in [7, 11) is 1.80.